The smallest absolute Gasteiger partial charge is 0.327 e. The largest absolute Gasteiger partial charge is 0.465 e. The highest BCUT2D eigenvalue weighted by Crippen LogP contribution is 2.42. The molecule has 1 atom stereocenters. The number of carbonyl (C=O) groups excluding carboxylic acids is 1. The normalized spacial score (nSPS) is 17.3. The molecule has 0 saturated heterocycles. The van der Waals surface area contributed by atoms with Gasteiger partial charge in [-0.3, -0.25) is 4.79 Å². The summed E-state index contributed by atoms with van der Waals surface area (Å²) in [5.74, 6) is 2.02. The van der Waals surface area contributed by atoms with Gasteiger partial charge in [-0.1, -0.05) is 29.8 Å². The Morgan fingerprint density at radius 1 is 1.48 bits per heavy atom. The summed E-state index contributed by atoms with van der Waals surface area (Å²) in [4.78, 5) is 12.4. The molecule has 0 radical (unpaired) electrons. The van der Waals surface area contributed by atoms with Gasteiger partial charge < -0.3 is 10.1 Å². The molecule has 21 heavy (non-hydrogen) atoms. The van der Waals surface area contributed by atoms with E-state index in [1.807, 2.05) is 14.0 Å². The van der Waals surface area contributed by atoms with E-state index >= 15 is 0 Å². The van der Waals surface area contributed by atoms with E-state index in [0.29, 0.717) is 12.5 Å². The van der Waals surface area contributed by atoms with Crippen molar-refractivity contribution in [2.24, 2.45) is 5.92 Å². The predicted molar refractivity (Wildman–Crippen MR) is 88.5 cm³/mol. The topological polar surface area (TPSA) is 38.3 Å². The minimum Gasteiger partial charge on any atom is -0.465 e. The van der Waals surface area contributed by atoms with Crippen LogP contribution >= 0.6 is 11.8 Å². The van der Waals surface area contributed by atoms with Crippen molar-refractivity contribution >= 4 is 17.7 Å². The fraction of sp³-hybridized carbons (Fsp3) is 0.588. The van der Waals surface area contributed by atoms with Crippen LogP contribution < -0.4 is 5.32 Å². The summed E-state index contributed by atoms with van der Waals surface area (Å²) in [6.45, 7) is 4.41. The van der Waals surface area contributed by atoms with Crippen LogP contribution in [0.1, 0.15) is 30.9 Å². The van der Waals surface area contributed by atoms with Crippen molar-refractivity contribution in [3.8, 4) is 0 Å². The molecule has 4 heteroatoms. The molecular formula is C17H25NO2S. The number of carbonyl (C=O) groups is 1. The highest BCUT2D eigenvalue weighted by molar-refractivity contribution is 7.98. The van der Waals surface area contributed by atoms with Crippen molar-refractivity contribution in [2.45, 2.75) is 38.0 Å². The van der Waals surface area contributed by atoms with Crippen LogP contribution in [0.15, 0.2) is 24.3 Å². The molecule has 0 bridgehead atoms. The maximum absolute atomic E-state index is 12.4. The molecule has 0 heterocycles. The van der Waals surface area contributed by atoms with Crippen molar-refractivity contribution in [3.63, 3.8) is 0 Å². The molecule has 2 rings (SSSR count). The van der Waals surface area contributed by atoms with Gasteiger partial charge in [0.1, 0.15) is 5.54 Å². The van der Waals surface area contributed by atoms with E-state index in [1.165, 1.54) is 11.1 Å². The Morgan fingerprint density at radius 3 is 2.81 bits per heavy atom. The minimum atomic E-state index is -0.509. The molecule has 1 aromatic rings. The molecule has 3 nitrogen and oxygen atoms in total. The zero-order valence-corrected chi connectivity index (χ0v) is 14.0. The van der Waals surface area contributed by atoms with Crippen LogP contribution in [0.2, 0.25) is 0 Å². The van der Waals surface area contributed by atoms with Crippen LogP contribution in [0.5, 0.6) is 0 Å². The van der Waals surface area contributed by atoms with Gasteiger partial charge in [0, 0.05) is 11.5 Å². The van der Waals surface area contributed by atoms with Crippen molar-refractivity contribution in [1.29, 1.82) is 0 Å². The molecule has 1 aliphatic rings. The van der Waals surface area contributed by atoms with Gasteiger partial charge in [-0.25, -0.2) is 0 Å². The van der Waals surface area contributed by atoms with Gasteiger partial charge in [0.15, 0.2) is 0 Å². The molecule has 0 spiro atoms. The summed E-state index contributed by atoms with van der Waals surface area (Å²) in [7, 11) is 1.88. The third-order valence-electron chi connectivity index (χ3n) is 4.04. The summed E-state index contributed by atoms with van der Waals surface area (Å²) in [6.07, 6.45) is 2.23. The lowest BCUT2D eigenvalue weighted by Crippen LogP contribution is -2.55. The lowest BCUT2D eigenvalue weighted by atomic mass is 9.96. The maximum Gasteiger partial charge on any atom is 0.327 e. The highest BCUT2D eigenvalue weighted by Gasteiger charge is 2.50. The van der Waals surface area contributed by atoms with Crippen molar-refractivity contribution in [2.75, 3.05) is 19.4 Å². The minimum absolute atomic E-state index is 0.0910. The number of hydrogen-bond acceptors (Lipinski definition) is 4. The summed E-state index contributed by atoms with van der Waals surface area (Å²) in [5, 5.41) is 3.26. The molecule has 1 N–H and O–H groups in total. The number of benzene rings is 1. The number of likely N-dealkylation sites (N-methyl/N-ethyl adjacent to an activating group) is 1. The molecule has 1 aliphatic carbocycles. The van der Waals surface area contributed by atoms with Crippen LogP contribution in [0.25, 0.3) is 0 Å². The summed E-state index contributed by atoms with van der Waals surface area (Å²) >= 11 is 1.81. The highest BCUT2D eigenvalue weighted by atomic mass is 32.2. The van der Waals surface area contributed by atoms with Crippen molar-refractivity contribution in [3.05, 3.63) is 35.4 Å². The van der Waals surface area contributed by atoms with E-state index in [9.17, 15) is 4.79 Å². The number of thioether (sulfide) groups is 1. The zero-order chi connectivity index (χ0) is 15.3. The Labute approximate surface area is 131 Å². The average Bonchev–Trinajstić information content (AvgIpc) is 3.29. The van der Waals surface area contributed by atoms with Gasteiger partial charge in [0.25, 0.3) is 0 Å². The number of nitrogens with one attached hydrogen (secondary N) is 1. The first-order valence-electron chi connectivity index (χ1n) is 7.62. The SMILES string of the molecule is CCOC(=O)C(CSCc1cccc(C)c1)(NC)C1CC1. The molecule has 1 aromatic carbocycles. The van der Waals surface area contributed by atoms with Crippen LogP contribution in [0.4, 0.5) is 0 Å². The van der Waals surface area contributed by atoms with Gasteiger partial charge in [-0.15, -0.1) is 0 Å². The summed E-state index contributed by atoms with van der Waals surface area (Å²) < 4.78 is 5.31. The van der Waals surface area contributed by atoms with Crippen molar-refractivity contribution in [1.82, 2.24) is 5.32 Å². The van der Waals surface area contributed by atoms with E-state index in [0.717, 1.165) is 24.3 Å². The Bertz CT molecular complexity index is 487. The second-order valence-electron chi connectivity index (χ2n) is 5.70. The Balaban J connectivity index is 1.97. The lowest BCUT2D eigenvalue weighted by molar-refractivity contribution is -0.150. The molecule has 0 aromatic heterocycles. The third-order valence-corrected chi connectivity index (χ3v) is 5.24. The monoisotopic (exact) mass is 307 g/mol. The fourth-order valence-corrected chi connectivity index (χ4v) is 4.03. The Morgan fingerprint density at radius 2 is 2.24 bits per heavy atom. The van der Waals surface area contributed by atoms with Gasteiger partial charge in [-0.05, 0) is 45.2 Å². The molecule has 0 amide bonds. The van der Waals surface area contributed by atoms with E-state index in [4.69, 9.17) is 4.74 Å². The standard InChI is InChI=1S/C17H25NO2S/c1-4-20-16(19)17(18-3,15-8-9-15)12-21-11-14-7-5-6-13(2)10-14/h5-7,10,15,18H,4,8-9,11-12H2,1-3H3. The summed E-state index contributed by atoms with van der Waals surface area (Å²) in [5.41, 5.74) is 2.08. The second kappa shape index (κ2) is 7.32. The van der Waals surface area contributed by atoms with E-state index < -0.39 is 5.54 Å². The first-order chi connectivity index (χ1) is 10.1. The van der Waals surface area contributed by atoms with E-state index in [1.54, 1.807) is 11.8 Å². The number of ether oxygens (including phenoxy) is 1. The lowest BCUT2D eigenvalue weighted by Gasteiger charge is -2.31. The van der Waals surface area contributed by atoms with Crippen LogP contribution in [-0.2, 0) is 15.3 Å². The van der Waals surface area contributed by atoms with Crippen molar-refractivity contribution < 1.29 is 9.53 Å². The molecule has 1 saturated carbocycles. The number of hydrogen-bond donors (Lipinski definition) is 1. The first-order valence-corrected chi connectivity index (χ1v) is 8.77. The molecule has 1 unspecified atom stereocenters. The van der Waals surface area contributed by atoms with Crippen LogP contribution in [-0.4, -0.2) is 30.9 Å². The predicted octanol–water partition coefficient (Wildman–Crippen LogP) is 3.16. The Kier molecular flexibility index (Phi) is 5.71. The van der Waals surface area contributed by atoms with Gasteiger partial charge in [0.2, 0.25) is 0 Å². The summed E-state index contributed by atoms with van der Waals surface area (Å²) in [6, 6.07) is 8.54. The number of rotatable bonds is 8. The van der Waals surface area contributed by atoms with E-state index in [2.05, 4.69) is 36.5 Å². The molecule has 0 aliphatic heterocycles. The Hall–Kier alpha value is -1.00. The zero-order valence-electron chi connectivity index (χ0n) is 13.1. The molecule has 116 valence electrons. The van der Waals surface area contributed by atoms with Gasteiger partial charge >= 0.3 is 5.97 Å². The van der Waals surface area contributed by atoms with Gasteiger partial charge in [0.05, 0.1) is 6.61 Å². The van der Waals surface area contributed by atoms with Crippen LogP contribution in [0, 0.1) is 12.8 Å². The van der Waals surface area contributed by atoms with Crippen LogP contribution in [0.3, 0.4) is 0 Å². The van der Waals surface area contributed by atoms with E-state index in [-0.39, 0.29) is 5.97 Å². The fourth-order valence-electron chi connectivity index (χ4n) is 2.69. The number of aryl methyl sites for hydroxylation is 1. The van der Waals surface area contributed by atoms with Gasteiger partial charge in [-0.2, -0.15) is 11.8 Å². The molecule has 1 fully saturated rings. The quantitative estimate of drug-likeness (QED) is 0.749. The average molecular weight is 307 g/mol. The second-order valence-corrected chi connectivity index (χ2v) is 6.68. The first kappa shape index (κ1) is 16.4. The number of esters is 1. The molecular weight excluding hydrogens is 282 g/mol. The third kappa shape index (κ3) is 4.01. The maximum atomic E-state index is 12.4.